The van der Waals surface area contributed by atoms with Crippen LogP contribution in [0.2, 0.25) is 0 Å². The van der Waals surface area contributed by atoms with Crippen LogP contribution in [-0.4, -0.2) is 15.9 Å². The summed E-state index contributed by atoms with van der Waals surface area (Å²) in [7, 11) is 0. The fourth-order valence-corrected chi connectivity index (χ4v) is 2.18. The lowest BCUT2D eigenvalue weighted by atomic mass is 10.1. The first-order chi connectivity index (χ1) is 10.4. The minimum Gasteiger partial charge on any atom is -0.332 e. The van der Waals surface area contributed by atoms with Crippen LogP contribution in [-0.2, 0) is 4.79 Å². The van der Waals surface area contributed by atoms with E-state index >= 15 is 0 Å². The molecular weight excluding hydrogens is 302 g/mol. The molecule has 0 aromatic heterocycles. The maximum atomic E-state index is 11.7. The van der Waals surface area contributed by atoms with Gasteiger partial charge < -0.3 is 10.6 Å². The van der Waals surface area contributed by atoms with Crippen molar-refractivity contribution in [3.05, 3.63) is 33.9 Å². The predicted octanol–water partition coefficient (Wildman–Crippen LogP) is 3.69. The Hall–Kier alpha value is -2.02. The van der Waals surface area contributed by atoms with E-state index in [1.807, 2.05) is 0 Å². The normalized spacial score (nSPS) is 10.1. The SMILES string of the molecule is CCCCCCC(=O)NC(=S)Nc1ccc([N+](=O)[O-])cc1C. The molecule has 0 heterocycles. The molecule has 0 atom stereocenters. The van der Waals surface area contributed by atoms with Crippen molar-refractivity contribution in [3.63, 3.8) is 0 Å². The third-order valence-electron chi connectivity index (χ3n) is 3.18. The first kappa shape index (κ1) is 18.0. The number of amides is 1. The van der Waals surface area contributed by atoms with E-state index in [-0.39, 0.29) is 16.7 Å². The van der Waals surface area contributed by atoms with Crippen molar-refractivity contribution in [2.75, 3.05) is 5.32 Å². The van der Waals surface area contributed by atoms with Gasteiger partial charge in [0.1, 0.15) is 0 Å². The van der Waals surface area contributed by atoms with E-state index in [0.29, 0.717) is 17.7 Å². The number of hydrogen-bond acceptors (Lipinski definition) is 4. The molecule has 0 aliphatic rings. The van der Waals surface area contributed by atoms with E-state index in [4.69, 9.17) is 12.2 Å². The van der Waals surface area contributed by atoms with Gasteiger partial charge in [0, 0.05) is 24.2 Å². The Kier molecular flexibility index (Phi) is 7.45. The second-order valence-electron chi connectivity index (χ2n) is 5.07. The molecule has 0 fully saturated rings. The largest absolute Gasteiger partial charge is 0.332 e. The van der Waals surface area contributed by atoms with Crippen molar-refractivity contribution in [1.29, 1.82) is 0 Å². The summed E-state index contributed by atoms with van der Waals surface area (Å²) in [6, 6.07) is 4.43. The van der Waals surface area contributed by atoms with Crippen LogP contribution in [0.4, 0.5) is 11.4 Å². The molecule has 0 aliphatic heterocycles. The molecule has 1 aromatic rings. The van der Waals surface area contributed by atoms with Gasteiger partial charge >= 0.3 is 0 Å². The van der Waals surface area contributed by atoms with Gasteiger partial charge in [-0.1, -0.05) is 26.2 Å². The number of benzene rings is 1. The lowest BCUT2D eigenvalue weighted by molar-refractivity contribution is -0.384. The molecular formula is C15H21N3O3S. The fourth-order valence-electron chi connectivity index (χ4n) is 1.96. The van der Waals surface area contributed by atoms with Crippen LogP contribution in [0.1, 0.15) is 44.6 Å². The van der Waals surface area contributed by atoms with E-state index in [2.05, 4.69) is 17.6 Å². The number of nitro benzene ring substituents is 1. The number of rotatable bonds is 7. The number of carbonyl (C=O) groups excluding carboxylic acids is 1. The van der Waals surface area contributed by atoms with Crippen molar-refractivity contribution >= 4 is 34.6 Å². The topological polar surface area (TPSA) is 84.3 Å². The summed E-state index contributed by atoms with van der Waals surface area (Å²) < 4.78 is 0. The number of hydrogen-bond donors (Lipinski definition) is 2. The minimum atomic E-state index is -0.451. The first-order valence-electron chi connectivity index (χ1n) is 7.30. The van der Waals surface area contributed by atoms with E-state index in [1.165, 1.54) is 12.1 Å². The highest BCUT2D eigenvalue weighted by atomic mass is 32.1. The van der Waals surface area contributed by atoms with Gasteiger partial charge in [-0.3, -0.25) is 14.9 Å². The van der Waals surface area contributed by atoms with Crippen molar-refractivity contribution in [1.82, 2.24) is 5.32 Å². The van der Waals surface area contributed by atoms with Crippen molar-refractivity contribution in [2.45, 2.75) is 46.0 Å². The van der Waals surface area contributed by atoms with Crippen molar-refractivity contribution in [3.8, 4) is 0 Å². The van der Waals surface area contributed by atoms with Crippen LogP contribution in [0, 0.1) is 17.0 Å². The lowest BCUT2D eigenvalue weighted by Gasteiger charge is -2.11. The van der Waals surface area contributed by atoms with Crippen LogP contribution in [0.15, 0.2) is 18.2 Å². The number of carbonyl (C=O) groups is 1. The summed E-state index contributed by atoms with van der Waals surface area (Å²) in [5.74, 6) is -0.117. The molecule has 0 saturated carbocycles. The molecule has 7 heteroatoms. The van der Waals surface area contributed by atoms with Gasteiger partial charge in [-0.2, -0.15) is 0 Å². The van der Waals surface area contributed by atoms with Gasteiger partial charge in [-0.05, 0) is 37.2 Å². The molecule has 22 heavy (non-hydrogen) atoms. The van der Waals surface area contributed by atoms with Crippen molar-refractivity contribution in [2.24, 2.45) is 0 Å². The van der Waals surface area contributed by atoms with Gasteiger partial charge in [0.25, 0.3) is 5.69 Å². The van der Waals surface area contributed by atoms with Crippen LogP contribution in [0.25, 0.3) is 0 Å². The standard InChI is InChI=1S/C15H21N3O3S/c1-3-4-5-6-7-14(19)17-15(22)16-13-9-8-12(18(20)21)10-11(13)2/h8-10H,3-7H2,1-2H3,(H2,16,17,19,22). The summed E-state index contributed by atoms with van der Waals surface area (Å²) in [6.07, 6.45) is 4.57. The summed E-state index contributed by atoms with van der Waals surface area (Å²) in [5, 5.41) is 16.4. The molecule has 0 spiro atoms. The van der Waals surface area contributed by atoms with Gasteiger partial charge in [0.2, 0.25) is 5.91 Å². The molecule has 0 saturated heterocycles. The van der Waals surface area contributed by atoms with Gasteiger partial charge in [-0.15, -0.1) is 0 Å². The van der Waals surface area contributed by atoms with Crippen LogP contribution in [0.3, 0.4) is 0 Å². The van der Waals surface area contributed by atoms with E-state index < -0.39 is 4.92 Å². The second-order valence-corrected chi connectivity index (χ2v) is 5.48. The number of unbranched alkanes of at least 4 members (excludes halogenated alkanes) is 3. The highest BCUT2D eigenvalue weighted by molar-refractivity contribution is 7.80. The highest BCUT2D eigenvalue weighted by Gasteiger charge is 2.10. The Morgan fingerprint density at radius 2 is 2.05 bits per heavy atom. The predicted molar refractivity (Wildman–Crippen MR) is 91.0 cm³/mol. The van der Waals surface area contributed by atoms with Crippen LogP contribution in [0.5, 0.6) is 0 Å². The fraction of sp³-hybridized carbons (Fsp3) is 0.467. The third kappa shape index (κ3) is 6.17. The molecule has 120 valence electrons. The van der Waals surface area contributed by atoms with Crippen molar-refractivity contribution < 1.29 is 9.72 Å². The molecule has 2 N–H and O–H groups in total. The zero-order valence-electron chi connectivity index (χ0n) is 12.8. The average molecular weight is 323 g/mol. The van der Waals surface area contributed by atoms with Crippen LogP contribution >= 0.6 is 12.2 Å². The minimum absolute atomic E-state index is 0.0222. The summed E-state index contributed by atoms with van der Waals surface area (Å²) in [4.78, 5) is 21.9. The summed E-state index contributed by atoms with van der Waals surface area (Å²) in [6.45, 7) is 3.86. The van der Waals surface area contributed by atoms with Gasteiger partial charge in [0.15, 0.2) is 5.11 Å². The Bertz CT molecular complexity index is 561. The Balaban J connectivity index is 2.48. The summed E-state index contributed by atoms with van der Waals surface area (Å²) in [5.41, 5.74) is 1.35. The Morgan fingerprint density at radius 1 is 1.32 bits per heavy atom. The smallest absolute Gasteiger partial charge is 0.269 e. The molecule has 0 bridgehead atoms. The van der Waals surface area contributed by atoms with Gasteiger partial charge in [-0.25, -0.2) is 0 Å². The van der Waals surface area contributed by atoms with E-state index in [0.717, 1.165) is 25.7 Å². The average Bonchev–Trinajstić information content (AvgIpc) is 2.45. The number of anilines is 1. The molecule has 0 radical (unpaired) electrons. The molecule has 1 amide bonds. The zero-order valence-corrected chi connectivity index (χ0v) is 13.7. The quantitative estimate of drug-likeness (QED) is 0.346. The Labute approximate surface area is 135 Å². The second kappa shape index (κ2) is 9.09. The summed E-state index contributed by atoms with van der Waals surface area (Å²) >= 11 is 5.08. The molecule has 6 nitrogen and oxygen atoms in total. The Morgan fingerprint density at radius 3 is 2.64 bits per heavy atom. The number of nitrogens with one attached hydrogen (secondary N) is 2. The molecule has 0 aliphatic carbocycles. The zero-order chi connectivity index (χ0) is 16.5. The number of nitrogens with zero attached hydrogens (tertiary/aromatic N) is 1. The third-order valence-corrected chi connectivity index (χ3v) is 3.38. The number of aryl methyl sites for hydroxylation is 1. The number of non-ortho nitro benzene ring substituents is 1. The lowest BCUT2D eigenvalue weighted by Crippen LogP contribution is -2.34. The maximum Gasteiger partial charge on any atom is 0.269 e. The van der Waals surface area contributed by atoms with Crippen LogP contribution < -0.4 is 10.6 Å². The molecule has 1 rings (SSSR count). The first-order valence-corrected chi connectivity index (χ1v) is 7.70. The maximum absolute atomic E-state index is 11.7. The molecule has 0 unspecified atom stereocenters. The van der Waals surface area contributed by atoms with E-state index in [1.54, 1.807) is 13.0 Å². The monoisotopic (exact) mass is 323 g/mol. The highest BCUT2D eigenvalue weighted by Crippen LogP contribution is 2.21. The molecule has 1 aromatic carbocycles. The number of thiocarbonyl (C=S) groups is 1. The number of nitro groups is 1. The van der Waals surface area contributed by atoms with Gasteiger partial charge in [0.05, 0.1) is 4.92 Å². The van der Waals surface area contributed by atoms with E-state index in [9.17, 15) is 14.9 Å².